The van der Waals surface area contributed by atoms with Crippen molar-refractivity contribution in [3.63, 3.8) is 0 Å². The summed E-state index contributed by atoms with van der Waals surface area (Å²) in [6.07, 6.45) is 0. The molecule has 96 valence electrons. The zero-order chi connectivity index (χ0) is 12.5. The molecule has 0 unspecified atom stereocenters. The predicted octanol–water partition coefficient (Wildman–Crippen LogP) is 1.36. The molecule has 1 rings (SSSR count). The van der Waals surface area contributed by atoms with Gasteiger partial charge >= 0.3 is 0 Å². The second kappa shape index (κ2) is 8.09. The summed E-state index contributed by atoms with van der Waals surface area (Å²) < 4.78 is 11.0. The first kappa shape index (κ1) is 14.0. The molecule has 0 aliphatic rings. The summed E-state index contributed by atoms with van der Waals surface area (Å²) >= 11 is 0. The number of hydrogen-bond donors (Lipinski definition) is 1. The van der Waals surface area contributed by atoms with Crippen molar-refractivity contribution in [3.8, 4) is 5.75 Å². The minimum absolute atomic E-state index is 0.616. The molecule has 1 aromatic rings. The number of quaternary nitrogens is 1. The van der Waals surface area contributed by atoms with E-state index in [9.17, 15) is 0 Å². The highest BCUT2D eigenvalue weighted by Gasteiger charge is 1.96. The maximum atomic E-state index is 5.55. The molecule has 1 aromatic carbocycles. The van der Waals surface area contributed by atoms with Crippen LogP contribution >= 0.6 is 0 Å². The monoisotopic (exact) mass is 238 g/mol. The summed E-state index contributed by atoms with van der Waals surface area (Å²) in [4.78, 5) is 0. The second-order valence-corrected chi connectivity index (χ2v) is 4.54. The fourth-order valence-electron chi connectivity index (χ4n) is 1.44. The van der Waals surface area contributed by atoms with Crippen LogP contribution in [0.3, 0.4) is 0 Å². The van der Waals surface area contributed by atoms with Crippen molar-refractivity contribution >= 4 is 0 Å². The van der Waals surface area contributed by atoms with Gasteiger partial charge in [0.25, 0.3) is 0 Å². The molecule has 17 heavy (non-hydrogen) atoms. The second-order valence-electron chi connectivity index (χ2n) is 4.54. The third-order valence-electron chi connectivity index (χ3n) is 2.42. The van der Waals surface area contributed by atoms with Crippen LogP contribution in [-0.4, -0.2) is 32.4 Å². The third kappa shape index (κ3) is 6.97. The molecule has 2 N–H and O–H groups in total. The first-order chi connectivity index (χ1) is 8.18. The van der Waals surface area contributed by atoms with Gasteiger partial charge in [-0.1, -0.05) is 17.7 Å². The Kier molecular flexibility index (Phi) is 6.67. The predicted molar refractivity (Wildman–Crippen MR) is 69.4 cm³/mol. The lowest BCUT2D eigenvalue weighted by atomic mass is 10.2. The van der Waals surface area contributed by atoms with E-state index in [2.05, 4.69) is 26.1 Å². The lowest BCUT2D eigenvalue weighted by Gasteiger charge is -2.08. The Morgan fingerprint density at radius 1 is 1.06 bits per heavy atom. The molecule has 0 aromatic heterocycles. The van der Waals surface area contributed by atoms with E-state index < -0.39 is 0 Å². The zero-order valence-corrected chi connectivity index (χ0v) is 11.1. The Balaban J connectivity index is 1.99. The van der Waals surface area contributed by atoms with Crippen molar-refractivity contribution in [1.29, 1.82) is 0 Å². The highest BCUT2D eigenvalue weighted by molar-refractivity contribution is 5.26. The molecule has 3 heteroatoms. The number of rotatable bonds is 8. The van der Waals surface area contributed by atoms with Crippen LogP contribution in [-0.2, 0) is 4.74 Å². The quantitative estimate of drug-likeness (QED) is 0.694. The molecule has 0 heterocycles. The molecule has 3 nitrogen and oxygen atoms in total. The van der Waals surface area contributed by atoms with Crippen molar-refractivity contribution in [2.75, 3.05) is 26.4 Å². The van der Waals surface area contributed by atoms with Crippen molar-refractivity contribution < 1.29 is 14.8 Å². The molecule has 0 fully saturated rings. The summed E-state index contributed by atoms with van der Waals surface area (Å²) in [5.41, 5.74) is 1.25. The van der Waals surface area contributed by atoms with E-state index in [-0.39, 0.29) is 0 Å². The van der Waals surface area contributed by atoms with Gasteiger partial charge in [0.05, 0.1) is 25.8 Å². The highest BCUT2D eigenvalue weighted by atomic mass is 16.5. The van der Waals surface area contributed by atoms with Gasteiger partial charge < -0.3 is 14.8 Å². The SMILES string of the molecule is Cc1ccc(OCCOCC[NH2+]C(C)C)cc1. The van der Waals surface area contributed by atoms with E-state index in [1.54, 1.807) is 0 Å². The molecule has 0 atom stereocenters. The van der Waals surface area contributed by atoms with Crippen molar-refractivity contribution in [3.05, 3.63) is 29.8 Å². The van der Waals surface area contributed by atoms with Crippen molar-refractivity contribution in [2.45, 2.75) is 26.8 Å². The molecule has 0 saturated heterocycles. The van der Waals surface area contributed by atoms with Crippen LogP contribution in [0.1, 0.15) is 19.4 Å². The van der Waals surface area contributed by atoms with Gasteiger partial charge in [-0.05, 0) is 32.9 Å². The lowest BCUT2D eigenvalue weighted by Crippen LogP contribution is -2.89. The summed E-state index contributed by atoms with van der Waals surface area (Å²) in [5, 5.41) is 2.26. The highest BCUT2D eigenvalue weighted by Crippen LogP contribution is 2.10. The minimum Gasteiger partial charge on any atom is -0.491 e. The Morgan fingerprint density at radius 2 is 1.76 bits per heavy atom. The van der Waals surface area contributed by atoms with Gasteiger partial charge in [-0.25, -0.2) is 0 Å². The van der Waals surface area contributed by atoms with Crippen LogP contribution in [0.15, 0.2) is 24.3 Å². The number of ether oxygens (including phenoxy) is 2. The summed E-state index contributed by atoms with van der Waals surface area (Å²) in [7, 11) is 0. The Labute approximate surface area is 104 Å². The molecule has 0 aliphatic carbocycles. The van der Waals surface area contributed by atoms with Crippen LogP contribution in [0, 0.1) is 6.92 Å². The van der Waals surface area contributed by atoms with Gasteiger partial charge in [0.15, 0.2) is 0 Å². The Bertz CT molecular complexity index is 296. The van der Waals surface area contributed by atoms with E-state index in [4.69, 9.17) is 9.47 Å². The first-order valence-electron chi connectivity index (χ1n) is 6.29. The number of benzene rings is 1. The minimum atomic E-state index is 0.616. The van der Waals surface area contributed by atoms with Gasteiger partial charge in [0.1, 0.15) is 12.4 Å². The van der Waals surface area contributed by atoms with E-state index in [0.29, 0.717) is 19.3 Å². The molecule has 0 radical (unpaired) electrons. The van der Waals surface area contributed by atoms with Gasteiger partial charge in [-0.3, -0.25) is 0 Å². The van der Waals surface area contributed by atoms with E-state index in [1.807, 2.05) is 24.3 Å². The smallest absolute Gasteiger partial charge is 0.119 e. The fraction of sp³-hybridized carbons (Fsp3) is 0.571. The molecule has 0 spiro atoms. The van der Waals surface area contributed by atoms with Gasteiger partial charge in [0.2, 0.25) is 0 Å². The van der Waals surface area contributed by atoms with Crippen LogP contribution < -0.4 is 10.1 Å². The maximum Gasteiger partial charge on any atom is 0.119 e. The normalized spacial score (nSPS) is 10.8. The standard InChI is InChI=1S/C14H23NO2/c1-12(2)15-8-9-16-10-11-17-14-6-4-13(3)5-7-14/h4-7,12,15H,8-11H2,1-3H3/p+1. The topological polar surface area (TPSA) is 35.1 Å². The number of nitrogens with two attached hydrogens (primary N) is 1. The van der Waals surface area contributed by atoms with Crippen LogP contribution in [0.4, 0.5) is 0 Å². The van der Waals surface area contributed by atoms with Crippen LogP contribution in [0.25, 0.3) is 0 Å². The number of aryl methyl sites for hydroxylation is 1. The summed E-state index contributed by atoms with van der Waals surface area (Å²) in [5.74, 6) is 0.910. The average molecular weight is 238 g/mol. The fourth-order valence-corrected chi connectivity index (χ4v) is 1.44. The Morgan fingerprint density at radius 3 is 2.41 bits per heavy atom. The summed E-state index contributed by atoms with van der Waals surface area (Å²) in [6.45, 7) is 9.50. The number of hydrogen-bond acceptors (Lipinski definition) is 2. The molecule has 0 amide bonds. The third-order valence-corrected chi connectivity index (χ3v) is 2.42. The molecule has 0 bridgehead atoms. The lowest BCUT2D eigenvalue weighted by molar-refractivity contribution is -0.684. The Hall–Kier alpha value is -1.06. The van der Waals surface area contributed by atoms with E-state index in [0.717, 1.165) is 18.9 Å². The zero-order valence-electron chi connectivity index (χ0n) is 11.1. The average Bonchev–Trinajstić information content (AvgIpc) is 2.30. The van der Waals surface area contributed by atoms with Crippen LogP contribution in [0.5, 0.6) is 5.75 Å². The van der Waals surface area contributed by atoms with E-state index in [1.165, 1.54) is 5.56 Å². The molecular weight excluding hydrogens is 214 g/mol. The molecular formula is C14H24NO2+. The first-order valence-corrected chi connectivity index (χ1v) is 6.29. The van der Waals surface area contributed by atoms with Crippen molar-refractivity contribution in [2.24, 2.45) is 0 Å². The van der Waals surface area contributed by atoms with Gasteiger partial charge in [-0.15, -0.1) is 0 Å². The molecule has 0 saturated carbocycles. The van der Waals surface area contributed by atoms with E-state index >= 15 is 0 Å². The van der Waals surface area contributed by atoms with Crippen LogP contribution in [0.2, 0.25) is 0 Å². The molecule has 0 aliphatic heterocycles. The van der Waals surface area contributed by atoms with Crippen molar-refractivity contribution in [1.82, 2.24) is 0 Å². The van der Waals surface area contributed by atoms with Gasteiger partial charge in [0, 0.05) is 0 Å². The maximum absolute atomic E-state index is 5.55. The largest absolute Gasteiger partial charge is 0.491 e. The van der Waals surface area contributed by atoms with Gasteiger partial charge in [-0.2, -0.15) is 0 Å². The summed E-state index contributed by atoms with van der Waals surface area (Å²) in [6, 6.07) is 8.72.